The summed E-state index contributed by atoms with van der Waals surface area (Å²) in [5.74, 6) is -0.542. The second-order valence-electron chi connectivity index (χ2n) is 6.46. The van der Waals surface area contributed by atoms with Crippen LogP contribution >= 0.6 is 11.3 Å². The van der Waals surface area contributed by atoms with Crippen LogP contribution in [0.2, 0.25) is 0 Å². The van der Waals surface area contributed by atoms with E-state index >= 15 is 0 Å². The van der Waals surface area contributed by atoms with Crippen LogP contribution in [0.25, 0.3) is 0 Å². The van der Waals surface area contributed by atoms with Gasteiger partial charge >= 0.3 is 0 Å². The van der Waals surface area contributed by atoms with E-state index in [1.165, 1.54) is 23.5 Å². The highest BCUT2D eigenvalue weighted by atomic mass is 32.1. The number of benzene rings is 2. The van der Waals surface area contributed by atoms with Crippen LogP contribution in [-0.2, 0) is 0 Å². The van der Waals surface area contributed by atoms with Crippen LogP contribution in [-0.4, -0.2) is 33.5 Å². The first-order valence-corrected chi connectivity index (χ1v) is 9.49. The molecule has 1 aromatic heterocycles. The molecule has 5 nitrogen and oxygen atoms in total. The topological polar surface area (TPSA) is 65.5 Å². The van der Waals surface area contributed by atoms with Crippen molar-refractivity contribution in [2.24, 2.45) is 0 Å². The van der Waals surface area contributed by atoms with Gasteiger partial charge in [-0.3, -0.25) is 4.79 Å². The van der Waals surface area contributed by atoms with Crippen molar-refractivity contribution < 1.29 is 14.3 Å². The van der Waals surface area contributed by atoms with E-state index in [2.05, 4.69) is 10.3 Å². The van der Waals surface area contributed by atoms with Crippen molar-refractivity contribution in [3.05, 3.63) is 77.1 Å². The third-order valence-electron chi connectivity index (χ3n) is 4.57. The number of β-amino-alcohol motifs (C(OH)–C–C–N with tert-alkyl or cyclic N) is 1. The maximum atomic E-state index is 13.6. The molecule has 0 aliphatic carbocycles. The van der Waals surface area contributed by atoms with E-state index < -0.39 is 6.10 Å². The molecule has 7 heteroatoms. The number of halogens is 1. The van der Waals surface area contributed by atoms with Crippen LogP contribution < -0.4 is 5.32 Å². The number of aromatic nitrogens is 1. The normalized spacial score (nSPS) is 19.3. The van der Waals surface area contributed by atoms with Crippen LogP contribution in [0, 0.1) is 5.82 Å². The molecule has 2 unspecified atom stereocenters. The molecule has 2 atom stereocenters. The number of likely N-dealkylation sites (tertiary alicyclic amines) is 1. The lowest BCUT2D eigenvalue weighted by molar-refractivity contribution is 0.0715. The second kappa shape index (κ2) is 7.46. The van der Waals surface area contributed by atoms with Gasteiger partial charge < -0.3 is 15.3 Å². The summed E-state index contributed by atoms with van der Waals surface area (Å²) in [5, 5.41) is 15.9. The van der Waals surface area contributed by atoms with Crippen LogP contribution in [0.1, 0.15) is 28.4 Å². The SMILES string of the molecule is O=C(c1cccc(Nc2nccs2)c1)N1CC(O)CC1c1cccc(F)c1. The number of aliphatic hydroxyl groups is 1. The first kappa shape index (κ1) is 17.6. The number of rotatable bonds is 4. The third kappa shape index (κ3) is 3.84. The van der Waals surface area contributed by atoms with E-state index in [9.17, 15) is 14.3 Å². The number of hydrogen-bond donors (Lipinski definition) is 2. The van der Waals surface area contributed by atoms with Crippen molar-refractivity contribution in [3.63, 3.8) is 0 Å². The van der Waals surface area contributed by atoms with Crippen molar-refractivity contribution in [1.82, 2.24) is 9.88 Å². The zero-order chi connectivity index (χ0) is 18.8. The third-order valence-corrected chi connectivity index (χ3v) is 5.25. The minimum absolute atomic E-state index is 0.191. The first-order valence-electron chi connectivity index (χ1n) is 8.61. The number of amides is 1. The first-order chi connectivity index (χ1) is 13.1. The summed E-state index contributed by atoms with van der Waals surface area (Å²) in [6.07, 6.45) is 1.47. The predicted molar refractivity (Wildman–Crippen MR) is 103 cm³/mol. The van der Waals surface area contributed by atoms with Gasteiger partial charge in [0.1, 0.15) is 5.82 Å². The fourth-order valence-electron chi connectivity index (χ4n) is 3.37. The maximum Gasteiger partial charge on any atom is 0.254 e. The van der Waals surface area contributed by atoms with Gasteiger partial charge in [-0.05, 0) is 42.3 Å². The highest BCUT2D eigenvalue weighted by Crippen LogP contribution is 2.34. The predicted octanol–water partition coefficient (Wildman–Crippen LogP) is 3.97. The Morgan fingerprint density at radius 2 is 2.11 bits per heavy atom. The van der Waals surface area contributed by atoms with Gasteiger partial charge in [-0.25, -0.2) is 9.37 Å². The fourth-order valence-corrected chi connectivity index (χ4v) is 3.92. The zero-order valence-electron chi connectivity index (χ0n) is 14.4. The largest absolute Gasteiger partial charge is 0.391 e. The van der Waals surface area contributed by atoms with Gasteiger partial charge in [0.05, 0.1) is 12.1 Å². The highest BCUT2D eigenvalue weighted by Gasteiger charge is 2.35. The standard InChI is InChI=1S/C20H18FN3O2S/c21-15-5-1-3-13(9-15)18-11-17(25)12-24(18)19(26)14-4-2-6-16(10-14)23-20-22-7-8-27-20/h1-10,17-18,25H,11-12H2,(H,22,23). The number of hydrogen-bond acceptors (Lipinski definition) is 5. The molecular formula is C20H18FN3O2S. The molecule has 1 aliphatic heterocycles. The molecule has 0 bridgehead atoms. The molecule has 2 heterocycles. The summed E-state index contributed by atoms with van der Waals surface area (Å²) in [5.41, 5.74) is 1.96. The Hall–Kier alpha value is -2.77. The number of aliphatic hydroxyl groups excluding tert-OH is 1. The van der Waals surface area contributed by atoms with Crippen molar-refractivity contribution in [3.8, 4) is 0 Å². The Kier molecular flexibility index (Phi) is 4.87. The zero-order valence-corrected chi connectivity index (χ0v) is 15.2. The number of carbonyl (C=O) groups excluding carboxylic acids is 1. The van der Waals surface area contributed by atoms with Gasteiger partial charge in [-0.2, -0.15) is 0 Å². The molecule has 2 N–H and O–H groups in total. The Labute approximate surface area is 160 Å². The molecule has 0 saturated carbocycles. The van der Waals surface area contributed by atoms with Crippen LogP contribution in [0.5, 0.6) is 0 Å². The number of anilines is 2. The van der Waals surface area contributed by atoms with E-state index in [-0.39, 0.29) is 24.3 Å². The van der Waals surface area contributed by atoms with Crippen molar-refractivity contribution in [2.45, 2.75) is 18.6 Å². The van der Waals surface area contributed by atoms with Gasteiger partial charge in [0.25, 0.3) is 5.91 Å². The summed E-state index contributed by atoms with van der Waals surface area (Å²) in [4.78, 5) is 18.9. The van der Waals surface area contributed by atoms with Crippen molar-refractivity contribution >= 4 is 28.1 Å². The van der Waals surface area contributed by atoms with Gasteiger partial charge in [-0.1, -0.05) is 18.2 Å². The average molecular weight is 383 g/mol. The summed E-state index contributed by atoms with van der Waals surface area (Å²) in [6.45, 7) is 0.226. The molecule has 3 aromatic rings. The van der Waals surface area contributed by atoms with Crippen LogP contribution in [0.4, 0.5) is 15.2 Å². The summed E-state index contributed by atoms with van der Waals surface area (Å²) < 4.78 is 13.6. The second-order valence-corrected chi connectivity index (χ2v) is 7.36. The van der Waals surface area contributed by atoms with E-state index in [4.69, 9.17) is 0 Å². The van der Waals surface area contributed by atoms with Crippen molar-refractivity contribution in [1.29, 1.82) is 0 Å². The molecular weight excluding hydrogens is 365 g/mol. The minimum Gasteiger partial charge on any atom is -0.391 e. The van der Waals surface area contributed by atoms with E-state index in [1.54, 1.807) is 41.4 Å². The molecule has 1 aliphatic rings. The summed E-state index contributed by atoms with van der Waals surface area (Å²) in [6, 6.07) is 13.0. The molecule has 1 amide bonds. The summed E-state index contributed by atoms with van der Waals surface area (Å²) >= 11 is 1.47. The van der Waals surface area contributed by atoms with Gasteiger partial charge in [0.15, 0.2) is 5.13 Å². The smallest absolute Gasteiger partial charge is 0.254 e. The van der Waals surface area contributed by atoms with Crippen LogP contribution in [0.3, 0.4) is 0 Å². The van der Waals surface area contributed by atoms with Gasteiger partial charge in [0.2, 0.25) is 0 Å². The quantitative estimate of drug-likeness (QED) is 0.715. The number of nitrogens with zero attached hydrogens (tertiary/aromatic N) is 2. The molecule has 4 rings (SSSR count). The molecule has 2 aromatic carbocycles. The van der Waals surface area contributed by atoms with E-state index in [1.807, 2.05) is 11.4 Å². The van der Waals surface area contributed by atoms with E-state index in [0.29, 0.717) is 17.5 Å². The average Bonchev–Trinajstić information content (AvgIpc) is 3.31. The molecule has 0 spiro atoms. The Morgan fingerprint density at radius 1 is 1.26 bits per heavy atom. The monoisotopic (exact) mass is 383 g/mol. The van der Waals surface area contributed by atoms with Gasteiger partial charge in [-0.15, -0.1) is 11.3 Å². The molecule has 0 radical (unpaired) electrons. The Bertz CT molecular complexity index is 948. The minimum atomic E-state index is -0.626. The highest BCUT2D eigenvalue weighted by molar-refractivity contribution is 7.13. The Morgan fingerprint density at radius 3 is 2.89 bits per heavy atom. The number of carbonyl (C=O) groups is 1. The Balaban J connectivity index is 1.59. The number of nitrogens with one attached hydrogen (secondary N) is 1. The fraction of sp³-hybridized carbons (Fsp3) is 0.200. The number of thiazole rings is 1. The molecule has 27 heavy (non-hydrogen) atoms. The lowest BCUT2D eigenvalue weighted by Crippen LogP contribution is -2.31. The van der Waals surface area contributed by atoms with Gasteiger partial charge in [0, 0.05) is 29.4 Å². The van der Waals surface area contributed by atoms with E-state index in [0.717, 1.165) is 10.8 Å². The van der Waals surface area contributed by atoms with Crippen molar-refractivity contribution in [2.75, 3.05) is 11.9 Å². The lowest BCUT2D eigenvalue weighted by atomic mass is 10.0. The molecule has 1 saturated heterocycles. The molecule has 138 valence electrons. The lowest BCUT2D eigenvalue weighted by Gasteiger charge is -2.25. The maximum absolute atomic E-state index is 13.6. The molecule has 1 fully saturated rings. The van der Waals surface area contributed by atoms with Crippen LogP contribution in [0.15, 0.2) is 60.1 Å². The summed E-state index contributed by atoms with van der Waals surface area (Å²) in [7, 11) is 0.